The largest absolute Gasteiger partial charge is 0.481 e. The SMILES string of the molecule is COc1nc(C)nc(NCc2cccc(C)n2)c1C. The molecule has 2 rings (SSSR count). The molecule has 2 aromatic rings. The van der Waals surface area contributed by atoms with Crippen LogP contribution in [0.1, 0.15) is 22.8 Å². The lowest BCUT2D eigenvalue weighted by Gasteiger charge is -2.11. The van der Waals surface area contributed by atoms with Gasteiger partial charge in [-0.05, 0) is 32.9 Å². The molecule has 0 unspecified atom stereocenters. The van der Waals surface area contributed by atoms with E-state index in [-0.39, 0.29) is 0 Å². The van der Waals surface area contributed by atoms with Crippen LogP contribution < -0.4 is 10.1 Å². The summed E-state index contributed by atoms with van der Waals surface area (Å²) in [6.07, 6.45) is 0. The molecule has 0 aromatic carbocycles. The molecule has 2 heterocycles. The Kier molecular flexibility index (Phi) is 3.94. The molecule has 5 heteroatoms. The molecule has 2 aromatic heterocycles. The second-order valence-electron chi connectivity index (χ2n) is 4.38. The molecule has 0 spiro atoms. The number of aromatic nitrogens is 3. The number of anilines is 1. The highest BCUT2D eigenvalue weighted by molar-refractivity contribution is 5.48. The van der Waals surface area contributed by atoms with Crippen molar-refractivity contribution in [1.82, 2.24) is 15.0 Å². The number of hydrogen-bond donors (Lipinski definition) is 1. The Morgan fingerprint density at radius 2 is 1.89 bits per heavy atom. The first kappa shape index (κ1) is 13.3. The Hall–Kier alpha value is -2.17. The molecule has 19 heavy (non-hydrogen) atoms. The van der Waals surface area contributed by atoms with Crippen molar-refractivity contribution >= 4 is 5.82 Å². The average molecular weight is 258 g/mol. The van der Waals surface area contributed by atoms with E-state index in [0.29, 0.717) is 18.2 Å². The van der Waals surface area contributed by atoms with Crippen molar-refractivity contribution in [1.29, 1.82) is 0 Å². The van der Waals surface area contributed by atoms with Crippen LogP contribution in [-0.4, -0.2) is 22.1 Å². The summed E-state index contributed by atoms with van der Waals surface area (Å²) in [5.74, 6) is 2.07. The third-order valence-electron chi connectivity index (χ3n) is 2.79. The van der Waals surface area contributed by atoms with E-state index in [0.717, 1.165) is 22.8 Å². The third-order valence-corrected chi connectivity index (χ3v) is 2.79. The molecule has 1 N–H and O–H groups in total. The van der Waals surface area contributed by atoms with E-state index in [1.54, 1.807) is 7.11 Å². The molecule has 100 valence electrons. The van der Waals surface area contributed by atoms with Crippen LogP contribution in [0.25, 0.3) is 0 Å². The summed E-state index contributed by atoms with van der Waals surface area (Å²) in [5.41, 5.74) is 2.89. The summed E-state index contributed by atoms with van der Waals surface area (Å²) < 4.78 is 5.23. The highest BCUT2D eigenvalue weighted by Gasteiger charge is 2.09. The normalized spacial score (nSPS) is 10.3. The summed E-state index contributed by atoms with van der Waals surface area (Å²) in [6.45, 7) is 6.39. The van der Waals surface area contributed by atoms with Gasteiger partial charge in [-0.25, -0.2) is 4.98 Å². The number of nitrogens with zero attached hydrogens (tertiary/aromatic N) is 3. The lowest BCUT2D eigenvalue weighted by Crippen LogP contribution is -2.08. The topological polar surface area (TPSA) is 59.9 Å². The van der Waals surface area contributed by atoms with Crippen LogP contribution in [-0.2, 0) is 6.54 Å². The molecule has 0 aliphatic rings. The van der Waals surface area contributed by atoms with Gasteiger partial charge in [0, 0.05) is 5.69 Å². The van der Waals surface area contributed by atoms with Gasteiger partial charge in [-0.2, -0.15) is 4.98 Å². The second-order valence-corrected chi connectivity index (χ2v) is 4.38. The number of hydrogen-bond acceptors (Lipinski definition) is 5. The van der Waals surface area contributed by atoms with E-state index >= 15 is 0 Å². The van der Waals surface area contributed by atoms with E-state index in [9.17, 15) is 0 Å². The number of methoxy groups -OCH3 is 1. The zero-order chi connectivity index (χ0) is 13.8. The number of pyridine rings is 1. The zero-order valence-electron chi connectivity index (χ0n) is 11.7. The Labute approximate surface area is 113 Å². The number of aryl methyl sites for hydroxylation is 2. The molecular formula is C14H18N4O. The first-order chi connectivity index (χ1) is 9.10. The van der Waals surface area contributed by atoms with Crippen LogP contribution in [0.2, 0.25) is 0 Å². The number of nitrogens with one attached hydrogen (secondary N) is 1. The molecular weight excluding hydrogens is 240 g/mol. The third kappa shape index (κ3) is 3.19. The molecule has 0 atom stereocenters. The maximum Gasteiger partial charge on any atom is 0.221 e. The molecule has 0 aliphatic heterocycles. The van der Waals surface area contributed by atoms with E-state index < -0.39 is 0 Å². The van der Waals surface area contributed by atoms with Gasteiger partial charge < -0.3 is 10.1 Å². The fourth-order valence-electron chi connectivity index (χ4n) is 1.85. The minimum atomic E-state index is 0.604. The summed E-state index contributed by atoms with van der Waals surface area (Å²) >= 11 is 0. The van der Waals surface area contributed by atoms with E-state index in [2.05, 4.69) is 20.3 Å². The van der Waals surface area contributed by atoms with Crippen LogP contribution >= 0.6 is 0 Å². The van der Waals surface area contributed by atoms with Crippen molar-refractivity contribution in [2.45, 2.75) is 27.3 Å². The Bertz CT molecular complexity index is 584. The van der Waals surface area contributed by atoms with Gasteiger partial charge in [-0.15, -0.1) is 0 Å². The van der Waals surface area contributed by atoms with Crippen LogP contribution in [0.4, 0.5) is 5.82 Å². The summed E-state index contributed by atoms with van der Waals surface area (Å²) in [7, 11) is 1.61. The van der Waals surface area contributed by atoms with E-state index in [1.807, 2.05) is 39.0 Å². The molecule has 5 nitrogen and oxygen atoms in total. The van der Waals surface area contributed by atoms with E-state index in [1.165, 1.54) is 0 Å². The molecule has 0 saturated heterocycles. The van der Waals surface area contributed by atoms with Crippen molar-refractivity contribution < 1.29 is 4.74 Å². The van der Waals surface area contributed by atoms with Crippen molar-refractivity contribution in [3.05, 3.63) is 41.0 Å². The van der Waals surface area contributed by atoms with Gasteiger partial charge in [0.2, 0.25) is 5.88 Å². The van der Waals surface area contributed by atoms with Gasteiger partial charge >= 0.3 is 0 Å². The van der Waals surface area contributed by atoms with Gasteiger partial charge in [-0.1, -0.05) is 6.07 Å². The molecule has 0 amide bonds. The molecule has 0 saturated carbocycles. The smallest absolute Gasteiger partial charge is 0.221 e. The van der Waals surface area contributed by atoms with Gasteiger partial charge in [0.05, 0.1) is 24.9 Å². The first-order valence-corrected chi connectivity index (χ1v) is 6.16. The Balaban J connectivity index is 2.17. The monoisotopic (exact) mass is 258 g/mol. The van der Waals surface area contributed by atoms with Crippen LogP contribution in [0.15, 0.2) is 18.2 Å². The van der Waals surface area contributed by atoms with Gasteiger partial charge in [0.1, 0.15) is 11.6 Å². The summed E-state index contributed by atoms with van der Waals surface area (Å²) in [5, 5.41) is 3.28. The maximum atomic E-state index is 5.23. The highest BCUT2D eigenvalue weighted by Crippen LogP contribution is 2.21. The first-order valence-electron chi connectivity index (χ1n) is 6.16. The van der Waals surface area contributed by atoms with Crippen molar-refractivity contribution in [3.8, 4) is 5.88 Å². The minimum absolute atomic E-state index is 0.604. The van der Waals surface area contributed by atoms with Crippen molar-refractivity contribution in [3.63, 3.8) is 0 Å². The lowest BCUT2D eigenvalue weighted by molar-refractivity contribution is 0.392. The average Bonchev–Trinajstić information content (AvgIpc) is 2.39. The molecule has 0 aliphatic carbocycles. The molecule has 0 radical (unpaired) electrons. The van der Waals surface area contributed by atoms with Crippen LogP contribution in [0.3, 0.4) is 0 Å². The second kappa shape index (κ2) is 5.65. The Morgan fingerprint density at radius 1 is 1.11 bits per heavy atom. The minimum Gasteiger partial charge on any atom is -0.481 e. The fourth-order valence-corrected chi connectivity index (χ4v) is 1.85. The van der Waals surface area contributed by atoms with Crippen molar-refractivity contribution in [2.75, 3.05) is 12.4 Å². The fraction of sp³-hybridized carbons (Fsp3) is 0.357. The van der Waals surface area contributed by atoms with Crippen LogP contribution in [0, 0.1) is 20.8 Å². The van der Waals surface area contributed by atoms with E-state index in [4.69, 9.17) is 4.74 Å². The standard InChI is InChI=1S/C14H18N4O/c1-9-6-5-7-12(16-9)8-15-13-10(2)14(19-4)18-11(3)17-13/h5-7H,8H2,1-4H3,(H,15,17,18). The zero-order valence-corrected chi connectivity index (χ0v) is 11.7. The van der Waals surface area contributed by atoms with Gasteiger partial charge in [-0.3, -0.25) is 4.98 Å². The molecule has 0 fully saturated rings. The number of rotatable bonds is 4. The van der Waals surface area contributed by atoms with Gasteiger partial charge in [0.15, 0.2) is 0 Å². The molecule has 0 bridgehead atoms. The predicted molar refractivity (Wildman–Crippen MR) is 74.4 cm³/mol. The highest BCUT2D eigenvalue weighted by atomic mass is 16.5. The summed E-state index contributed by atoms with van der Waals surface area (Å²) in [6, 6.07) is 5.96. The number of ether oxygens (including phenoxy) is 1. The Morgan fingerprint density at radius 3 is 2.58 bits per heavy atom. The lowest BCUT2D eigenvalue weighted by atomic mass is 10.3. The predicted octanol–water partition coefficient (Wildman–Crippen LogP) is 2.42. The van der Waals surface area contributed by atoms with Gasteiger partial charge in [0.25, 0.3) is 0 Å². The van der Waals surface area contributed by atoms with Crippen LogP contribution in [0.5, 0.6) is 5.88 Å². The summed E-state index contributed by atoms with van der Waals surface area (Å²) in [4.78, 5) is 13.1. The van der Waals surface area contributed by atoms with Crippen molar-refractivity contribution in [2.24, 2.45) is 0 Å². The maximum absolute atomic E-state index is 5.23. The quantitative estimate of drug-likeness (QED) is 0.912.